The van der Waals surface area contributed by atoms with Crippen LogP contribution in [-0.2, 0) is 21.2 Å². The Hall–Kier alpha value is -2.38. The van der Waals surface area contributed by atoms with Gasteiger partial charge in [-0.15, -0.1) is 0 Å². The third-order valence-electron chi connectivity index (χ3n) is 5.05. The standard InChI is InChI=1S/C22H28N2O4S/c1-22(2)15-19(18-7-5-6-8-20(18)28-22)23-21(25)14-11-16-9-12-17(13-10-16)29(26,27)24(3)4/h5-10,12-13,19H,11,14-15H2,1-4H3,(H,23,25)/t19-/m0/s1. The summed E-state index contributed by atoms with van der Waals surface area (Å²) in [4.78, 5) is 12.8. The summed E-state index contributed by atoms with van der Waals surface area (Å²) in [5, 5.41) is 3.13. The molecule has 2 aromatic rings. The summed E-state index contributed by atoms with van der Waals surface area (Å²) in [6.07, 6.45) is 1.58. The van der Waals surface area contributed by atoms with Gasteiger partial charge in [0.25, 0.3) is 0 Å². The van der Waals surface area contributed by atoms with E-state index in [1.807, 2.05) is 38.1 Å². The van der Waals surface area contributed by atoms with Crippen LogP contribution in [0.25, 0.3) is 0 Å². The molecule has 1 aliphatic heterocycles. The molecule has 0 spiro atoms. The normalized spacial score (nSPS) is 18.0. The maximum Gasteiger partial charge on any atom is 0.242 e. The van der Waals surface area contributed by atoms with E-state index in [4.69, 9.17) is 4.74 Å². The van der Waals surface area contributed by atoms with Gasteiger partial charge in [-0.2, -0.15) is 0 Å². The lowest BCUT2D eigenvalue weighted by Gasteiger charge is -2.37. The largest absolute Gasteiger partial charge is 0.487 e. The van der Waals surface area contributed by atoms with Crippen molar-refractivity contribution in [1.82, 2.24) is 9.62 Å². The molecular formula is C22H28N2O4S. The Morgan fingerprint density at radius 3 is 2.45 bits per heavy atom. The van der Waals surface area contributed by atoms with Crippen LogP contribution in [0.15, 0.2) is 53.4 Å². The number of amides is 1. The number of para-hydroxylation sites is 1. The van der Waals surface area contributed by atoms with Crippen molar-refractivity contribution in [3.8, 4) is 5.75 Å². The van der Waals surface area contributed by atoms with E-state index in [9.17, 15) is 13.2 Å². The number of hydrogen-bond donors (Lipinski definition) is 1. The fourth-order valence-electron chi connectivity index (χ4n) is 3.49. The molecule has 1 amide bonds. The van der Waals surface area contributed by atoms with Gasteiger partial charge in [0.15, 0.2) is 0 Å². The number of benzene rings is 2. The number of fused-ring (bicyclic) bond motifs is 1. The summed E-state index contributed by atoms with van der Waals surface area (Å²) in [5.74, 6) is 0.777. The molecule has 0 saturated carbocycles. The lowest BCUT2D eigenvalue weighted by molar-refractivity contribution is -0.122. The molecule has 0 aromatic heterocycles. The fraction of sp³-hybridized carbons (Fsp3) is 0.409. The number of aryl methyl sites for hydroxylation is 1. The molecule has 7 heteroatoms. The average molecular weight is 417 g/mol. The van der Waals surface area contributed by atoms with E-state index in [2.05, 4.69) is 5.32 Å². The van der Waals surface area contributed by atoms with E-state index in [1.165, 1.54) is 18.4 Å². The second kappa shape index (κ2) is 8.16. The van der Waals surface area contributed by atoms with Crippen molar-refractivity contribution in [2.75, 3.05) is 14.1 Å². The third kappa shape index (κ3) is 4.97. The molecule has 1 N–H and O–H groups in total. The highest BCUT2D eigenvalue weighted by Crippen LogP contribution is 2.39. The Morgan fingerprint density at radius 2 is 1.79 bits per heavy atom. The van der Waals surface area contributed by atoms with Gasteiger partial charge in [0, 0.05) is 32.5 Å². The maximum atomic E-state index is 12.6. The lowest BCUT2D eigenvalue weighted by Crippen LogP contribution is -2.41. The van der Waals surface area contributed by atoms with Crippen LogP contribution < -0.4 is 10.1 Å². The Morgan fingerprint density at radius 1 is 1.14 bits per heavy atom. The molecule has 3 rings (SSSR count). The molecule has 2 aromatic carbocycles. The first-order valence-electron chi connectivity index (χ1n) is 9.67. The minimum absolute atomic E-state index is 0.0347. The van der Waals surface area contributed by atoms with Gasteiger partial charge in [0.2, 0.25) is 15.9 Å². The summed E-state index contributed by atoms with van der Waals surface area (Å²) in [5.41, 5.74) is 1.57. The monoisotopic (exact) mass is 416 g/mol. The Bertz CT molecular complexity index is 982. The van der Waals surface area contributed by atoms with Gasteiger partial charge in [0.05, 0.1) is 10.9 Å². The first-order valence-corrected chi connectivity index (χ1v) is 11.1. The number of carbonyl (C=O) groups is 1. The molecule has 1 aliphatic rings. The van der Waals surface area contributed by atoms with Crippen LogP contribution in [0.1, 0.15) is 43.9 Å². The molecule has 29 heavy (non-hydrogen) atoms. The molecule has 1 heterocycles. The molecule has 0 saturated heterocycles. The minimum atomic E-state index is -3.44. The Balaban J connectivity index is 1.62. The lowest BCUT2D eigenvalue weighted by atomic mass is 9.89. The van der Waals surface area contributed by atoms with Gasteiger partial charge in [-0.1, -0.05) is 30.3 Å². The molecular weight excluding hydrogens is 388 g/mol. The summed E-state index contributed by atoms with van der Waals surface area (Å²) < 4.78 is 31.5. The first kappa shape index (κ1) is 21.3. The zero-order chi connectivity index (χ0) is 21.2. The molecule has 0 radical (unpaired) electrons. The predicted octanol–water partition coefficient (Wildman–Crippen LogP) is 3.29. The van der Waals surface area contributed by atoms with Crippen molar-refractivity contribution in [3.05, 3.63) is 59.7 Å². The molecule has 0 bridgehead atoms. The van der Waals surface area contributed by atoms with Crippen LogP contribution in [-0.4, -0.2) is 38.3 Å². The number of ether oxygens (including phenoxy) is 1. The quantitative estimate of drug-likeness (QED) is 0.784. The molecule has 0 unspecified atom stereocenters. The zero-order valence-corrected chi connectivity index (χ0v) is 18.1. The van der Waals surface area contributed by atoms with Crippen molar-refractivity contribution in [1.29, 1.82) is 0 Å². The number of nitrogens with zero attached hydrogens (tertiary/aromatic N) is 1. The number of rotatable bonds is 6. The van der Waals surface area contributed by atoms with Gasteiger partial charge >= 0.3 is 0 Å². The van der Waals surface area contributed by atoms with Crippen LogP contribution in [0.5, 0.6) is 5.75 Å². The minimum Gasteiger partial charge on any atom is -0.487 e. The van der Waals surface area contributed by atoms with Crippen molar-refractivity contribution >= 4 is 15.9 Å². The predicted molar refractivity (Wildman–Crippen MR) is 112 cm³/mol. The Kier molecular flexibility index (Phi) is 6.00. The highest BCUT2D eigenvalue weighted by atomic mass is 32.2. The van der Waals surface area contributed by atoms with Crippen LogP contribution >= 0.6 is 0 Å². The van der Waals surface area contributed by atoms with E-state index >= 15 is 0 Å². The van der Waals surface area contributed by atoms with Crippen molar-refractivity contribution < 1.29 is 17.9 Å². The third-order valence-corrected chi connectivity index (χ3v) is 6.88. The highest BCUT2D eigenvalue weighted by molar-refractivity contribution is 7.89. The topological polar surface area (TPSA) is 75.7 Å². The molecule has 0 aliphatic carbocycles. The number of sulfonamides is 1. The van der Waals surface area contributed by atoms with E-state index in [-0.39, 0.29) is 22.4 Å². The highest BCUT2D eigenvalue weighted by Gasteiger charge is 2.34. The van der Waals surface area contributed by atoms with Crippen molar-refractivity contribution in [3.63, 3.8) is 0 Å². The smallest absolute Gasteiger partial charge is 0.242 e. The number of hydrogen-bond acceptors (Lipinski definition) is 4. The van der Waals surface area contributed by atoms with Crippen LogP contribution in [0.4, 0.5) is 0 Å². The van der Waals surface area contributed by atoms with Gasteiger partial charge in [-0.25, -0.2) is 12.7 Å². The summed E-state index contributed by atoms with van der Waals surface area (Å²) in [6, 6.07) is 14.4. The van der Waals surface area contributed by atoms with Gasteiger partial charge in [0.1, 0.15) is 11.4 Å². The number of carbonyl (C=O) groups excluding carboxylic acids is 1. The van der Waals surface area contributed by atoms with Crippen molar-refractivity contribution in [2.24, 2.45) is 0 Å². The Labute approximate surface area is 172 Å². The van der Waals surface area contributed by atoms with Crippen LogP contribution in [0.3, 0.4) is 0 Å². The van der Waals surface area contributed by atoms with E-state index in [0.29, 0.717) is 19.3 Å². The van der Waals surface area contributed by atoms with Crippen LogP contribution in [0, 0.1) is 0 Å². The SMILES string of the molecule is CN(C)S(=O)(=O)c1ccc(CCC(=O)N[C@H]2CC(C)(C)Oc3ccccc32)cc1. The van der Waals surface area contributed by atoms with E-state index < -0.39 is 10.0 Å². The van der Waals surface area contributed by atoms with Crippen molar-refractivity contribution in [2.45, 2.75) is 49.6 Å². The van der Waals surface area contributed by atoms with Gasteiger partial charge < -0.3 is 10.1 Å². The summed E-state index contributed by atoms with van der Waals surface area (Å²) in [7, 11) is -0.435. The summed E-state index contributed by atoms with van der Waals surface area (Å²) in [6.45, 7) is 4.04. The fourth-order valence-corrected chi connectivity index (χ4v) is 4.40. The van der Waals surface area contributed by atoms with Gasteiger partial charge in [-0.05, 0) is 44.0 Å². The average Bonchev–Trinajstić information content (AvgIpc) is 2.65. The number of nitrogens with one attached hydrogen (secondary N) is 1. The first-order chi connectivity index (χ1) is 13.6. The molecule has 1 atom stereocenters. The molecule has 0 fully saturated rings. The molecule has 6 nitrogen and oxygen atoms in total. The zero-order valence-electron chi connectivity index (χ0n) is 17.3. The van der Waals surface area contributed by atoms with E-state index in [1.54, 1.807) is 24.3 Å². The van der Waals surface area contributed by atoms with Crippen LogP contribution in [0.2, 0.25) is 0 Å². The second-order valence-corrected chi connectivity index (χ2v) is 10.3. The maximum absolute atomic E-state index is 12.6. The summed E-state index contributed by atoms with van der Waals surface area (Å²) >= 11 is 0. The van der Waals surface area contributed by atoms with Gasteiger partial charge in [-0.3, -0.25) is 4.79 Å². The van der Waals surface area contributed by atoms with E-state index in [0.717, 1.165) is 16.9 Å². The molecule has 156 valence electrons. The second-order valence-electron chi connectivity index (χ2n) is 8.16.